The Labute approximate surface area is 120 Å². The van der Waals surface area contributed by atoms with Crippen LogP contribution in [0.2, 0.25) is 0 Å². The lowest BCUT2D eigenvalue weighted by atomic mass is 10.1. The standard InChI is InChI=1S/C16H11N3O2/c1-10-4-2-6-13-14(10)18-15(19-16(13)20)11(9-17)8-12-5-3-7-21-12/h2-8H,1H3,(H,18,19,20). The number of hydrogen-bond acceptors (Lipinski definition) is 4. The molecule has 5 heteroatoms. The highest BCUT2D eigenvalue weighted by molar-refractivity contribution is 5.88. The number of nitrogens with one attached hydrogen (secondary N) is 1. The molecule has 3 rings (SSSR count). The van der Waals surface area contributed by atoms with Gasteiger partial charge in [0.15, 0.2) is 5.82 Å². The lowest BCUT2D eigenvalue weighted by molar-refractivity contribution is 0.557. The second kappa shape index (κ2) is 5.10. The second-order valence-corrected chi connectivity index (χ2v) is 4.57. The lowest BCUT2D eigenvalue weighted by Crippen LogP contribution is -2.11. The van der Waals surface area contributed by atoms with Crippen molar-refractivity contribution in [2.75, 3.05) is 0 Å². The van der Waals surface area contributed by atoms with Crippen LogP contribution in [0.25, 0.3) is 22.6 Å². The van der Waals surface area contributed by atoms with E-state index in [1.165, 1.54) is 6.26 Å². The molecule has 0 saturated heterocycles. The molecule has 2 heterocycles. The summed E-state index contributed by atoms with van der Waals surface area (Å²) >= 11 is 0. The molecule has 0 amide bonds. The van der Waals surface area contributed by atoms with Crippen molar-refractivity contribution >= 4 is 22.6 Å². The van der Waals surface area contributed by atoms with Crippen molar-refractivity contribution in [3.63, 3.8) is 0 Å². The molecule has 0 fully saturated rings. The number of allylic oxidation sites excluding steroid dienone is 1. The number of nitrogens with zero attached hydrogens (tertiary/aromatic N) is 2. The van der Waals surface area contributed by atoms with Gasteiger partial charge in [-0.05, 0) is 30.7 Å². The Morgan fingerprint density at radius 3 is 2.95 bits per heavy atom. The molecule has 0 aliphatic rings. The topological polar surface area (TPSA) is 82.7 Å². The van der Waals surface area contributed by atoms with E-state index in [1.807, 2.05) is 19.1 Å². The van der Waals surface area contributed by atoms with Gasteiger partial charge in [0.1, 0.15) is 11.8 Å². The van der Waals surface area contributed by atoms with Crippen molar-refractivity contribution in [1.29, 1.82) is 5.26 Å². The molecule has 1 aromatic carbocycles. The zero-order valence-electron chi connectivity index (χ0n) is 11.3. The zero-order chi connectivity index (χ0) is 14.8. The maximum absolute atomic E-state index is 12.1. The fourth-order valence-corrected chi connectivity index (χ4v) is 2.10. The Bertz CT molecular complexity index is 928. The highest BCUT2D eigenvalue weighted by Gasteiger charge is 2.10. The lowest BCUT2D eigenvalue weighted by Gasteiger charge is -2.03. The number of fused-ring (bicyclic) bond motifs is 1. The Kier molecular flexibility index (Phi) is 3.13. The largest absolute Gasteiger partial charge is 0.465 e. The van der Waals surface area contributed by atoms with Gasteiger partial charge in [0.25, 0.3) is 5.56 Å². The number of benzene rings is 1. The fourth-order valence-electron chi connectivity index (χ4n) is 2.10. The van der Waals surface area contributed by atoms with Crippen molar-refractivity contribution in [2.24, 2.45) is 0 Å². The maximum atomic E-state index is 12.1. The number of rotatable bonds is 2. The van der Waals surface area contributed by atoms with Gasteiger partial charge in [-0.1, -0.05) is 12.1 Å². The van der Waals surface area contributed by atoms with Crippen LogP contribution in [0.15, 0.2) is 45.8 Å². The summed E-state index contributed by atoms with van der Waals surface area (Å²) in [6, 6.07) is 10.9. The molecule has 5 nitrogen and oxygen atoms in total. The third-order valence-electron chi connectivity index (χ3n) is 3.14. The Balaban J connectivity index is 2.23. The number of aromatic nitrogens is 2. The quantitative estimate of drug-likeness (QED) is 0.730. The van der Waals surface area contributed by atoms with Crippen LogP contribution >= 0.6 is 0 Å². The van der Waals surface area contributed by atoms with Crippen LogP contribution in [0.4, 0.5) is 0 Å². The summed E-state index contributed by atoms with van der Waals surface area (Å²) in [5.74, 6) is 0.764. The van der Waals surface area contributed by atoms with Crippen LogP contribution < -0.4 is 5.56 Å². The van der Waals surface area contributed by atoms with Crippen LogP contribution in [-0.2, 0) is 0 Å². The molecule has 0 spiro atoms. The average molecular weight is 277 g/mol. The molecule has 0 atom stereocenters. The number of aryl methyl sites for hydroxylation is 1. The van der Waals surface area contributed by atoms with Crippen LogP contribution in [0.1, 0.15) is 17.1 Å². The summed E-state index contributed by atoms with van der Waals surface area (Å²) in [4.78, 5) is 19.2. The monoisotopic (exact) mass is 277 g/mol. The zero-order valence-corrected chi connectivity index (χ0v) is 11.3. The smallest absolute Gasteiger partial charge is 0.259 e. The molecule has 3 aromatic rings. The van der Waals surface area contributed by atoms with Crippen molar-refractivity contribution in [1.82, 2.24) is 9.97 Å². The molecule has 2 aromatic heterocycles. The van der Waals surface area contributed by atoms with Gasteiger partial charge >= 0.3 is 0 Å². The summed E-state index contributed by atoms with van der Waals surface area (Å²) in [7, 11) is 0. The van der Waals surface area contributed by atoms with Gasteiger partial charge < -0.3 is 9.40 Å². The highest BCUT2D eigenvalue weighted by atomic mass is 16.3. The number of hydrogen-bond donors (Lipinski definition) is 1. The third-order valence-corrected chi connectivity index (χ3v) is 3.14. The average Bonchev–Trinajstić information content (AvgIpc) is 2.99. The number of aromatic amines is 1. The molecule has 21 heavy (non-hydrogen) atoms. The van der Waals surface area contributed by atoms with Gasteiger partial charge in [-0.25, -0.2) is 4.98 Å². The molecule has 0 aliphatic carbocycles. The molecule has 1 N–H and O–H groups in total. The molecular formula is C16H11N3O2. The Morgan fingerprint density at radius 2 is 2.24 bits per heavy atom. The number of furan rings is 1. The molecule has 0 radical (unpaired) electrons. The second-order valence-electron chi connectivity index (χ2n) is 4.57. The summed E-state index contributed by atoms with van der Waals surface area (Å²) in [5, 5.41) is 9.80. The Hall–Kier alpha value is -3.13. The number of nitriles is 1. The van der Waals surface area contributed by atoms with E-state index in [-0.39, 0.29) is 17.0 Å². The maximum Gasteiger partial charge on any atom is 0.259 e. The first-order valence-electron chi connectivity index (χ1n) is 6.34. The Morgan fingerprint density at radius 1 is 1.38 bits per heavy atom. The molecule has 0 aliphatic heterocycles. The van der Waals surface area contributed by atoms with Gasteiger partial charge in [0, 0.05) is 6.08 Å². The van der Waals surface area contributed by atoms with E-state index in [2.05, 4.69) is 9.97 Å². The van der Waals surface area contributed by atoms with Crippen molar-refractivity contribution in [3.05, 3.63) is 64.1 Å². The van der Waals surface area contributed by atoms with E-state index in [4.69, 9.17) is 4.42 Å². The predicted octanol–water partition coefficient (Wildman–Crippen LogP) is 2.89. The van der Waals surface area contributed by atoms with Gasteiger partial charge in [0.05, 0.1) is 22.7 Å². The first kappa shape index (κ1) is 12.9. The van der Waals surface area contributed by atoms with Gasteiger partial charge in [-0.2, -0.15) is 5.26 Å². The van der Waals surface area contributed by atoms with E-state index in [1.54, 1.807) is 30.3 Å². The van der Waals surface area contributed by atoms with Crippen molar-refractivity contribution < 1.29 is 4.42 Å². The van der Waals surface area contributed by atoms with Gasteiger partial charge in [0.2, 0.25) is 0 Å². The van der Waals surface area contributed by atoms with Gasteiger partial charge in [-0.3, -0.25) is 4.79 Å². The number of para-hydroxylation sites is 1. The molecular weight excluding hydrogens is 266 g/mol. The minimum absolute atomic E-state index is 0.237. The summed E-state index contributed by atoms with van der Waals surface area (Å²) in [6.07, 6.45) is 3.06. The first-order valence-corrected chi connectivity index (χ1v) is 6.34. The van der Waals surface area contributed by atoms with E-state index in [0.717, 1.165) is 5.56 Å². The van der Waals surface area contributed by atoms with Crippen molar-refractivity contribution in [2.45, 2.75) is 6.92 Å². The van der Waals surface area contributed by atoms with Crippen LogP contribution in [0.5, 0.6) is 0 Å². The predicted molar refractivity (Wildman–Crippen MR) is 79.3 cm³/mol. The third kappa shape index (κ3) is 2.35. The molecule has 102 valence electrons. The fraction of sp³-hybridized carbons (Fsp3) is 0.0625. The van der Waals surface area contributed by atoms with Gasteiger partial charge in [-0.15, -0.1) is 0 Å². The minimum atomic E-state index is -0.265. The van der Waals surface area contributed by atoms with Crippen LogP contribution in [0.3, 0.4) is 0 Å². The minimum Gasteiger partial charge on any atom is -0.465 e. The highest BCUT2D eigenvalue weighted by Crippen LogP contribution is 2.17. The molecule has 0 unspecified atom stereocenters. The van der Waals surface area contributed by atoms with Crippen molar-refractivity contribution in [3.8, 4) is 6.07 Å². The summed E-state index contributed by atoms with van der Waals surface area (Å²) < 4.78 is 5.18. The van der Waals surface area contributed by atoms with E-state index >= 15 is 0 Å². The van der Waals surface area contributed by atoms with E-state index in [0.29, 0.717) is 16.7 Å². The number of H-pyrrole nitrogens is 1. The first-order chi connectivity index (χ1) is 10.2. The SMILES string of the molecule is Cc1cccc2c(=O)[nH]c(C(C#N)=Cc3ccco3)nc12. The van der Waals surface area contributed by atoms with Crippen LogP contribution in [-0.4, -0.2) is 9.97 Å². The van der Waals surface area contributed by atoms with Crippen LogP contribution in [0, 0.1) is 18.3 Å². The van der Waals surface area contributed by atoms with E-state index < -0.39 is 0 Å². The molecule has 0 saturated carbocycles. The summed E-state index contributed by atoms with van der Waals surface area (Å²) in [6.45, 7) is 1.88. The molecule has 0 bridgehead atoms. The van der Waals surface area contributed by atoms with E-state index in [9.17, 15) is 10.1 Å². The normalized spacial score (nSPS) is 11.5. The summed E-state index contributed by atoms with van der Waals surface area (Å²) in [5.41, 5.74) is 1.46.